The van der Waals surface area contributed by atoms with Crippen LogP contribution in [0.4, 0.5) is 5.69 Å². The number of carbonyl (C=O) groups is 2. The second-order valence-corrected chi connectivity index (χ2v) is 6.85. The number of aromatic carboxylic acids is 1. The predicted molar refractivity (Wildman–Crippen MR) is 110 cm³/mol. The van der Waals surface area contributed by atoms with Gasteiger partial charge < -0.3 is 21.0 Å². The molecule has 1 aliphatic rings. The molecule has 0 radical (unpaired) electrons. The zero-order valence-corrected chi connectivity index (χ0v) is 15.6. The Morgan fingerprint density at radius 1 is 0.897 bits per heavy atom. The minimum absolute atomic E-state index is 0. The van der Waals surface area contributed by atoms with Gasteiger partial charge in [0.1, 0.15) is 11.3 Å². The molecule has 0 saturated heterocycles. The minimum atomic E-state index is -1.21. The lowest BCUT2D eigenvalue weighted by Gasteiger charge is -2.14. The van der Waals surface area contributed by atoms with Gasteiger partial charge in [-0.25, -0.2) is 4.79 Å². The Kier molecular flexibility index (Phi) is 5.66. The van der Waals surface area contributed by atoms with Crippen LogP contribution in [0.15, 0.2) is 66.7 Å². The molecule has 3 aromatic rings. The van der Waals surface area contributed by atoms with Crippen LogP contribution in [0.25, 0.3) is 11.1 Å². The molecule has 0 fully saturated rings. The number of amides is 1. The summed E-state index contributed by atoms with van der Waals surface area (Å²) in [5.74, 6) is -1.59. The molecule has 0 aromatic heterocycles. The van der Waals surface area contributed by atoms with E-state index >= 15 is 0 Å². The second-order valence-electron chi connectivity index (χ2n) is 6.85. The third kappa shape index (κ3) is 3.83. The van der Waals surface area contributed by atoms with Crippen molar-refractivity contribution >= 4 is 17.6 Å². The Bertz CT molecular complexity index is 1030. The van der Waals surface area contributed by atoms with Crippen LogP contribution in [-0.2, 0) is 4.79 Å². The van der Waals surface area contributed by atoms with E-state index in [0.29, 0.717) is 18.5 Å². The number of benzene rings is 3. The van der Waals surface area contributed by atoms with E-state index < -0.39 is 5.97 Å². The van der Waals surface area contributed by atoms with Crippen molar-refractivity contribution in [1.29, 1.82) is 0 Å². The molecule has 0 bridgehead atoms. The fourth-order valence-corrected chi connectivity index (χ4v) is 3.86. The van der Waals surface area contributed by atoms with Gasteiger partial charge >= 0.3 is 5.97 Å². The molecule has 0 aliphatic heterocycles. The highest BCUT2D eigenvalue weighted by atomic mass is 16.4. The summed E-state index contributed by atoms with van der Waals surface area (Å²) in [4.78, 5) is 23.4. The van der Waals surface area contributed by atoms with Gasteiger partial charge in [0.25, 0.3) is 0 Å². The zero-order valence-electron chi connectivity index (χ0n) is 15.6. The summed E-state index contributed by atoms with van der Waals surface area (Å²) in [5.41, 5.74) is 5.09. The van der Waals surface area contributed by atoms with Crippen molar-refractivity contribution in [2.45, 2.75) is 18.8 Å². The van der Waals surface area contributed by atoms with Crippen LogP contribution in [0.5, 0.6) is 5.75 Å². The molecule has 148 valence electrons. The van der Waals surface area contributed by atoms with Gasteiger partial charge in [0.2, 0.25) is 5.91 Å². The molecule has 0 heterocycles. The van der Waals surface area contributed by atoms with Gasteiger partial charge in [0, 0.05) is 24.1 Å². The number of hydrogen-bond donors (Lipinski definition) is 3. The summed E-state index contributed by atoms with van der Waals surface area (Å²) >= 11 is 0. The maximum atomic E-state index is 12.4. The maximum absolute atomic E-state index is 12.4. The first-order valence-electron chi connectivity index (χ1n) is 9.09. The van der Waals surface area contributed by atoms with Gasteiger partial charge in [-0.05, 0) is 40.8 Å². The van der Waals surface area contributed by atoms with Crippen LogP contribution < -0.4 is 5.32 Å². The smallest absolute Gasteiger partial charge is 0.339 e. The Labute approximate surface area is 167 Å². The number of carboxylic acids is 1. The number of anilines is 1. The number of phenols is 1. The van der Waals surface area contributed by atoms with E-state index in [9.17, 15) is 14.7 Å². The summed E-state index contributed by atoms with van der Waals surface area (Å²) in [6.45, 7) is 0. The predicted octanol–water partition coefficient (Wildman–Crippen LogP) is 3.80. The third-order valence-corrected chi connectivity index (χ3v) is 5.13. The highest BCUT2D eigenvalue weighted by Crippen LogP contribution is 2.46. The van der Waals surface area contributed by atoms with E-state index in [2.05, 4.69) is 29.6 Å². The van der Waals surface area contributed by atoms with Crippen molar-refractivity contribution in [3.8, 4) is 16.9 Å². The second kappa shape index (κ2) is 8.16. The third-order valence-electron chi connectivity index (χ3n) is 5.13. The quantitative estimate of drug-likeness (QED) is 0.613. The average molecular weight is 391 g/mol. The van der Waals surface area contributed by atoms with Crippen LogP contribution in [0.3, 0.4) is 0 Å². The molecule has 0 atom stereocenters. The molecule has 3 aromatic carbocycles. The number of hydrogen-bond acceptors (Lipinski definition) is 3. The first-order valence-corrected chi connectivity index (χ1v) is 9.09. The normalized spacial score (nSPS) is 11.9. The van der Waals surface area contributed by atoms with Gasteiger partial charge in [-0.3, -0.25) is 4.79 Å². The summed E-state index contributed by atoms with van der Waals surface area (Å²) in [6.07, 6.45) is 0.980. The molecular weight excluding hydrogens is 370 g/mol. The number of fused-ring (bicyclic) bond motifs is 3. The molecular formula is C23H21NO5. The van der Waals surface area contributed by atoms with E-state index in [-0.39, 0.29) is 28.6 Å². The summed E-state index contributed by atoms with van der Waals surface area (Å²) in [5, 5.41) is 21.4. The molecule has 6 nitrogen and oxygen atoms in total. The molecule has 29 heavy (non-hydrogen) atoms. The minimum Gasteiger partial charge on any atom is -0.507 e. The number of nitrogens with one attached hydrogen (secondary N) is 1. The number of carbonyl (C=O) groups excluding carboxylic acids is 1. The lowest BCUT2D eigenvalue weighted by molar-refractivity contribution is -0.116. The highest BCUT2D eigenvalue weighted by molar-refractivity contribution is 5.94. The number of rotatable bonds is 5. The van der Waals surface area contributed by atoms with E-state index in [1.165, 1.54) is 40.5 Å². The van der Waals surface area contributed by atoms with Crippen LogP contribution in [-0.4, -0.2) is 27.6 Å². The van der Waals surface area contributed by atoms with E-state index in [1.807, 2.05) is 24.3 Å². The molecule has 5 N–H and O–H groups in total. The van der Waals surface area contributed by atoms with Crippen LogP contribution in [0.2, 0.25) is 0 Å². The van der Waals surface area contributed by atoms with Gasteiger partial charge in [-0.2, -0.15) is 0 Å². The molecule has 0 spiro atoms. The van der Waals surface area contributed by atoms with E-state index in [1.54, 1.807) is 0 Å². The zero-order chi connectivity index (χ0) is 19.7. The molecule has 4 rings (SSSR count). The van der Waals surface area contributed by atoms with Crippen LogP contribution in [0.1, 0.15) is 40.2 Å². The topological polar surface area (TPSA) is 118 Å². The fraction of sp³-hybridized carbons (Fsp3) is 0.130. The van der Waals surface area contributed by atoms with E-state index in [0.717, 1.165) is 0 Å². The summed E-state index contributed by atoms with van der Waals surface area (Å²) in [7, 11) is 0. The number of carboxylic acid groups (broad SMARTS) is 1. The molecule has 6 heteroatoms. The average Bonchev–Trinajstić information content (AvgIpc) is 3.00. The fourth-order valence-electron chi connectivity index (χ4n) is 3.86. The summed E-state index contributed by atoms with van der Waals surface area (Å²) < 4.78 is 0. The van der Waals surface area contributed by atoms with E-state index in [4.69, 9.17) is 5.11 Å². The Morgan fingerprint density at radius 3 is 2.03 bits per heavy atom. The Morgan fingerprint density at radius 2 is 1.48 bits per heavy atom. The highest BCUT2D eigenvalue weighted by Gasteiger charge is 2.28. The molecule has 1 aliphatic carbocycles. The van der Waals surface area contributed by atoms with Gasteiger partial charge in [0.05, 0.1) is 0 Å². The molecule has 0 unspecified atom stereocenters. The van der Waals surface area contributed by atoms with Crippen LogP contribution >= 0.6 is 0 Å². The molecule has 0 saturated carbocycles. The van der Waals surface area contributed by atoms with Gasteiger partial charge in [-0.15, -0.1) is 0 Å². The van der Waals surface area contributed by atoms with Crippen molar-refractivity contribution in [3.63, 3.8) is 0 Å². The lowest BCUT2D eigenvalue weighted by atomic mass is 9.92. The first kappa shape index (κ1) is 20.1. The van der Waals surface area contributed by atoms with Crippen LogP contribution in [0, 0.1) is 0 Å². The van der Waals surface area contributed by atoms with Crippen molar-refractivity contribution in [2.75, 3.05) is 5.32 Å². The monoisotopic (exact) mass is 391 g/mol. The van der Waals surface area contributed by atoms with Crippen molar-refractivity contribution < 1.29 is 25.3 Å². The first-order chi connectivity index (χ1) is 13.5. The van der Waals surface area contributed by atoms with Crippen molar-refractivity contribution in [2.24, 2.45) is 0 Å². The largest absolute Gasteiger partial charge is 0.507 e. The van der Waals surface area contributed by atoms with Gasteiger partial charge in [-0.1, -0.05) is 48.5 Å². The molecule has 1 amide bonds. The van der Waals surface area contributed by atoms with Gasteiger partial charge in [0.15, 0.2) is 0 Å². The van der Waals surface area contributed by atoms with Crippen molar-refractivity contribution in [1.82, 2.24) is 0 Å². The lowest BCUT2D eigenvalue weighted by Crippen LogP contribution is -2.13. The summed E-state index contributed by atoms with van der Waals surface area (Å²) in [6, 6.07) is 20.5. The van der Waals surface area contributed by atoms with Crippen molar-refractivity contribution in [3.05, 3.63) is 83.4 Å². The Hall–Kier alpha value is -3.64. The SMILES string of the molecule is O.O=C(CCC1c2ccccc2-c2ccccc21)Nc1ccc(C(=O)O)c(O)c1. The maximum Gasteiger partial charge on any atom is 0.339 e. The number of aromatic hydroxyl groups is 1. The Balaban J connectivity index is 0.00000240. The standard InChI is InChI=1S/C23H19NO4.H2O/c25-21-13-14(9-10-20(21)23(27)28)24-22(26)12-11-19-17-7-3-1-5-15(17)16-6-2-4-8-18(16)19;/h1-10,13,19,25H,11-12H2,(H,24,26)(H,27,28);1H2.